The Hall–Kier alpha value is -1.76. The van der Waals surface area contributed by atoms with Gasteiger partial charge in [0.2, 0.25) is 0 Å². The largest absolute Gasteiger partial charge is 0.264 e. The molecule has 0 saturated heterocycles. The first kappa shape index (κ1) is 23.5. The van der Waals surface area contributed by atoms with Gasteiger partial charge in [-0.3, -0.25) is 4.18 Å². The summed E-state index contributed by atoms with van der Waals surface area (Å²) in [5, 5.41) is 0. The molecule has 0 aromatic heterocycles. The van der Waals surface area contributed by atoms with Crippen molar-refractivity contribution in [2.45, 2.75) is 57.0 Å². The average Bonchev–Trinajstić information content (AvgIpc) is 2.69. The summed E-state index contributed by atoms with van der Waals surface area (Å²) in [7, 11) is -5.18. The van der Waals surface area contributed by atoms with Crippen LogP contribution in [0.2, 0.25) is 0 Å². The predicted octanol–water partition coefficient (Wildman–Crippen LogP) is 5.15. The third kappa shape index (κ3) is 8.25. The summed E-state index contributed by atoms with van der Waals surface area (Å²) in [6, 6.07) is 17.3. The van der Waals surface area contributed by atoms with Crippen molar-refractivity contribution >= 4 is 20.9 Å². The minimum atomic E-state index is -3.70. The minimum Gasteiger partial charge on any atom is -0.261 e. The van der Waals surface area contributed by atoms with Gasteiger partial charge in [-0.25, -0.2) is 4.21 Å². The molecule has 6 heteroatoms. The molecule has 2 atom stereocenters. The molecule has 2 rings (SSSR count). The van der Waals surface area contributed by atoms with Crippen LogP contribution < -0.4 is 0 Å². The second kappa shape index (κ2) is 11.4. The van der Waals surface area contributed by atoms with E-state index in [0.717, 1.165) is 36.6 Å². The zero-order valence-corrected chi connectivity index (χ0v) is 19.0. The van der Waals surface area contributed by atoms with E-state index in [0.29, 0.717) is 22.6 Å². The predicted molar refractivity (Wildman–Crippen MR) is 120 cm³/mol. The van der Waals surface area contributed by atoms with Gasteiger partial charge in [0, 0.05) is 9.80 Å². The number of rotatable bonds is 11. The van der Waals surface area contributed by atoms with E-state index in [1.807, 2.05) is 67.6 Å². The SMILES string of the molecule is CCCC/C=C(\C(CCc1ccccc1)OS(C)(=O)=O)S(=O)c1ccc(C)cc1. The fourth-order valence-corrected chi connectivity index (χ4v) is 4.98. The van der Waals surface area contributed by atoms with Crippen molar-refractivity contribution in [3.63, 3.8) is 0 Å². The van der Waals surface area contributed by atoms with E-state index in [4.69, 9.17) is 4.18 Å². The second-order valence-electron chi connectivity index (χ2n) is 7.14. The molecule has 0 bridgehead atoms. The maximum absolute atomic E-state index is 13.4. The Morgan fingerprint density at radius 3 is 2.34 bits per heavy atom. The highest BCUT2D eigenvalue weighted by molar-refractivity contribution is 7.89. The monoisotopic (exact) mass is 434 g/mol. The van der Waals surface area contributed by atoms with Crippen molar-refractivity contribution in [2.24, 2.45) is 0 Å². The molecular formula is C23H30O4S2. The summed E-state index contributed by atoms with van der Waals surface area (Å²) in [5.41, 5.74) is 2.17. The van der Waals surface area contributed by atoms with E-state index < -0.39 is 27.0 Å². The van der Waals surface area contributed by atoms with Gasteiger partial charge in [-0.2, -0.15) is 8.42 Å². The minimum absolute atomic E-state index is 0.437. The van der Waals surface area contributed by atoms with Crippen molar-refractivity contribution in [2.75, 3.05) is 6.26 Å². The van der Waals surface area contributed by atoms with Gasteiger partial charge in [0.15, 0.2) is 0 Å². The van der Waals surface area contributed by atoms with Crippen LogP contribution >= 0.6 is 0 Å². The van der Waals surface area contributed by atoms with Crippen LogP contribution in [0.3, 0.4) is 0 Å². The summed E-state index contributed by atoms with van der Waals surface area (Å²) in [5.74, 6) is 0. The number of aryl methyl sites for hydroxylation is 2. The first-order valence-electron chi connectivity index (χ1n) is 9.91. The van der Waals surface area contributed by atoms with Crippen molar-refractivity contribution in [1.29, 1.82) is 0 Å². The standard InChI is InChI=1S/C23H30O4S2/c1-4-5-7-12-23(28(24)21-16-13-19(2)14-17-21)22(27-29(3,25)26)18-15-20-10-8-6-9-11-20/h6,8-14,16-17,22H,4-5,7,15,18H2,1-3H3/b23-12+. The number of hydrogen-bond acceptors (Lipinski definition) is 4. The number of unbranched alkanes of at least 4 members (excludes halogenated alkanes) is 2. The van der Waals surface area contributed by atoms with Crippen LogP contribution in [0.25, 0.3) is 0 Å². The molecule has 2 unspecified atom stereocenters. The third-order valence-corrected chi connectivity index (χ3v) is 6.64. The van der Waals surface area contributed by atoms with Gasteiger partial charge in [-0.15, -0.1) is 0 Å². The lowest BCUT2D eigenvalue weighted by molar-refractivity contribution is 0.243. The number of allylic oxidation sites excluding steroid dienone is 1. The lowest BCUT2D eigenvalue weighted by atomic mass is 10.1. The maximum atomic E-state index is 13.4. The van der Waals surface area contributed by atoms with Crippen LogP contribution in [0.15, 0.2) is 70.5 Å². The Kier molecular flexibility index (Phi) is 9.27. The lowest BCUT2D eigenvalue weighted by Gasteiger charge is -2.20. The molecule has 0 aliphatic rings. The van der Waals surface area contributed by atoms with E-state index in [-0.39, 0.29) is 0 Å². The fraction of sp³-hybridized carbons (Fsp3) is 0.391. The van der Waals surface area contributed by atoms with E-state index in [2.05, 4.69) is 6.92 Å². The van der Waals surface area contributed by atoms with Gasteiger partial charge < -0.3 is 0 Å². The molecule has 29 heavy (non-hydrogen) atoms. The summed E-state index contributed by atoms with van der Waals surface area (Å²) >= 11 is 0. The molecule has 0 spiro atoms. The Bertz CT molecular complexity index is 917. The van der Waals surface area contributed by atoms with Gasteiger partial charge in [-0.05, 0) is 43.9 Å². The van der Waals surface area contributed by atoms with Crippen molar-refractivity contribution in [3.05, 3.63) is 76.7 Å². The van der Waals surface area contributed by atoms with Crippen LogP contribution in [0.1, 0.15) is 43.7 Å². The Morgan fingerprint density at radius 1 is 1.10 bits per heavy atom. The maximum Gasteiger partial charge on any atom is 0.264 e. The highest BCUT2D eigenvalue weighted by Crippen LogP contribution is 2.25. The van der Waals surface area contributed by atoms with Gasteiger partial charge in [0.05, 0.1) is 17.1 Å². The third-order valence-electron chi connectivity index (χ3n) is 4.50. The van der Waals surface area contributed by atoms with Crippen LogP contribution in [-0.4, -0.2) is 25.0 Å². The summed E-state index contributed by atoms with van der Waals surface area (Å²) in [6.45, 7) is 4.06. The summed E-state index contributed by atoms with van der Waals surface area (Å²) in [4.78, 5) is 1.18. The molecule has 0 aliphatic heterocycles. The highest BCUT2D eigenvalue weighted by atomic mass is 32.2. The molecule has 0 fully saturated rings. The molecule has 2 aromatic rings. The molecule has 0 saturated carbocycles. The van der Waals surface area contributed by atoms with Crippen molar-refractivity contribution in [3.8, 4) is 0 Å². The Labute approximate surface area is 177 Å². The number of benzene rings is 2. The first-order valence-corrected chi connectivity index (χ1v) is 12.9. The van der Waals surface area contributed by atoms with Crippen molar-refractivity contribution in [1.82, 2.24) is 0 Å². The van der Waals surface area contributed by atoms with Crippen LogP contribution in [0.4, 0.5) is 0 Å². The van der Waals surface area contributed by atoms with E-state index in [1.54, 1.807) is 0 Å². The van der Waals surface area contributed by atoms with Gasteiger partial charge in [0.1, 0.15) is 6.10 Å². The summed E-state index contributed by atoms with van der Waals surface area (Å²) < 4.78 is 42.7. The molecule has 0 aliphatic carbocycles. The van der Waals surface area contributed by atoms with Crippen molar-refractivity contribution < 1.29 is 16.8 Å². The first-order chi connectivity index (χ1) is 13.8. The second-order valence-corrected chi connectivity index (χ2v) is 10.2. The van der Waals surface area contributed by atoms with E-state index in [1.165, 1.54) is 0 Å². The smallest absolute Gasteiger partial charge is 0.261 e. The van der Waals surface area contributed by atoms with Gasteiger partial charge >= 0.3 is 0 Å². The molecule has 0 amide bonds. The number of hydrogen-bond donors (Lipinski definition) is 0. The molecule has 2 aromatic carbocycles. The zero-order valence-electron chi connectivity index (χ0n) is 17.3. The normalized spacial score (nSPS) is 14.5. The van der Waals surface area contributed by atoms with Gasteiger partial charge in [-0.1, -0.05) is 73.9 Å². The zero-order chi connectivity index (χ0) is 21.3. The molecule has 0 heterocycles. The van der Waals surface area contributed by atoms with E-state index in [9.17, 15) is 12.6 Å². The van der Waals surface area contributed by atoms with Crippen LogP contribution in [0, 0.1) is 6.92 Å². The quantitative estimate of drug-likeness (QED) is 0.362. The average molecular weight is 435 g/mol. The molecule has 4 nitrogen and oxygen atoms in total. The fourth-order valence-electron chi connectivity index (χ4n) is 2.96. The molecule has 158 valence electrons. The summed E-state index contributed by atoms with van der Waals surface area (Å²) in [6.07, 6.45) is 5.94. The van der Waals surface area contributed by atoms with Crippen LogP contribution in [0.5, 0.6) is 0 Å². The Morgan fingerprint density at radius 2 is 1.76 bits per heavy atom. The van der Waals surface area contributed by atoms with E-state index >= 15 is 0 Å². The molecule has 0 N–H and O–H groups in total. The Balaban J connectivity index is 2.34. The topological polar surface area (TPSA) is 60.4 Å². The molecule has 0 radical (unpaired) electrons. The molecular weight excluding hydrogens is 404 g/mol. The lowest BCUT2D eigenvalue weighted by Crippen LogP contribution is -2.23. The van der Waals surface area contributed by atoms with Gasteiger partial charge in [0.25, 0.3) is 10.1 Å². The highest BCUT2D eigenvalue weighted by Gasteiger charge is 2.25. The van der Waals surface area contributed by atoms with Crippen LogP contribution in [-0.2, 0) is 31.5 Å².